The fourth-order valence-corrected chi connectivity index (χ4v) is 6.03. The quantitative estimate of drug-likeness (QED) is 0.515. The number of thiophene rings is 1. The van der Waals surface area contributed by atoms with E-state index in [9.17, 15) is 13.2 Å². The molecule has 0 saturated carbocycles. The van der Waals surface area contributed by atoms with Crippen LogP contribution in [0.1, 0.15) is 52.3 Å². The molecule has 3 aromatic rings. The molecule has 2 aromatic heterocycles. The van der Waals surface area contributed by atoms with Gasteiger partial charge < -0.3 is 14.8 Å². The van der Waals surface area contributed by atoms with Crippen LogP contribution in [-0.2, 0) is 16.6 Å². The number of anilines is 1. The minimum absolute atomic E-state index is 0.0682. The minimum atomic E-state index is -3.88. The van der Waals surface area contributed by atoms with E-state index < -0.39 is 10.0 Å². The maximum atomic E-state index is 13.1. The van der Waals surface area contributed by atoms with Crippen molar-refractivity contribution in [1.82, 2.24) is 9.47 Å². The first kappa shape index (κ1) is 24.2. The molecule has 0 radical (unpaired) electrons. The first-order valence-corrected chi connectivity index (χ1v) is 13.7. The van der Waals surface area contributed by atoms with Crippen molar-refractivity contribution in [3.63, 3.8) is 0 Å². The van der Waals surface area contributed by atoms with Crippen LogP contribution in [0.25, 0.3) is 0 Å². The molecule has 7 nitrogen and oxygen atoms in total. The van der Waals surface area contributed by atoms with Gasteiger partial charge in [-0.25, -0.2) is 0 Å². The predicted molar refractivity (Wildman–Crippen MR) is 137 cm³/mol. The Morgan fingerprint density at radius 2 is 1.94 bits per heavy atom. The number of amides is 1. The minimum Gasteiger partial charge on any atom is -0.362 e. The Bertz CT molecular complexity index is 1310. The molecule has 1 fully saturated rings. The number of nitrogens with one attached hydrogen (secondary N) is 1. The Labute approximate surface area is 205 Å². The van der Waals surface area contributed by atoms with Gasteiger partial charge in [0.25, 0.3) is 15.9 Å². The molecule has 1 aliphatic heterocycles. The van der Waals surface area contributed by atoms with E-state index >= 15 is 0 Å². The number of hydrogen-bond donors (Lipinski definition) is 1. The van der Waals surface area contributed by atoms with E-state index in [0.29, 0.717) is 30.1 Å². The highest BCUT2D eigenvalue weighted by Gasteiger charge is 2.20. The van der Waals surface area contributed by atoms with E-state index in [1.54, 1.807) is 23.5 Å². The molecule has 0 spiro atoms. The Morgan fingerprint density at radius 3 is 2.71 bits per heavy atom. The summed E-state index contributed by atoms with van der Waals surface area (Å²) in [5, 5.41) is 4.90. The summed E-state index contributed by atoms with van der Waals surface area (Å²) < 4.78 is 32.2. The van der Waals surface area contributed by atoms with E-state index in [1.165, 1.54) is 17.0 Å². The van der Waals surface area contributed by atoms with Crippen LogP contribution in [0.3, 0.4) is 0 Å². The monoisotopic (exact) mass is 498 g/mol. The molecule has 1 saturated heterocycles. The fourth-order valence-electron chi connectivity index (χ4n) is 4.20. The number of sulfonamides is 1. The highest BCUT2D eigenvalue weighted by Crippen LogP contribution is 2.23. The number of carbonyl (C=O) groups is 1. The van der Waals surface area contributed by atoms with Crippen molar-refractivity contribution < 1.29 is 13.2 Å². The lowest BCUT2D eigenvalue weighted by molar-refractivity contribution is 0.102. The van der Waals surface area contributed by atoms with Gasteiger partial charge in [0, 0.05) is 42.0 Å². The summed E-state index contributed by atoms with van der Waals surface area (Å²) in [5.74, 6) is 0.319. The molecule has 3 heterocycles. The number of aromatic nitrogens is 1. The van der Waals surface area contributed by atoms with E-state index in [4.69, 9.17) is 0 Å². The Balaban J connectivity index is 1.54. The summed E-state index contributed by atoms with van der Waals surface area (Å²) in [5.41, 5.74) is 2.86. The number of amidine groups is 1. The van der Waals surface area contributed by atoms with Crippen LogP contribution >= 0.6 is 11.3 Å². The zero-order chi connectivity index (χ0) is 24.3. The summed E-state index contributed by atoms with van der Waals surface area (Å²) in [7, 11) is -2.00. The molecule has 180 valence electrons. The fraction of sp³-hybridized carbons (Fsp3) is 0.360. The van der Waals surface area contributed by atoms with Crippen molar-refractivity contribution in [2.24, 2.45) is 4.40 Å². The molecular weight excluding hydrogens is 468 g/mol. The molecule has 1 aliphatic rings. The summed E-state index contributed by atoms with van der Waals surface area (Å²) >= 11 is 1.68. The van der Waals surface area contributed by atoms with Crippen LogP contribution in [0, 0.1) is 13.8 Å². The van der Waals surface area contributed by atoms with Crippen molar-refractivity contribution in [1.29, 1.82) is 0 Å². The van der Waals surface area contributed by atoms with Crippen molar-refractivity contribution in [3.8, 4) is 0 Å². The average Bonchev–Trinajstić information content (AvgIpc) is 3.36. The number of rotatable bonds is 6. The molecule has 1 amide bonds. The van der Waals surface area contributed by atoms with Gasteiger partial charge in [-0.05, 0) is 62.4 Å². The van der Waals surface area contributed by atoms with E-state index in [1.807, 2.05) is 43.3 Å². The second kappa shape index (κ2) is 10.1. The third-order valence-corrected chi connectivity index (χ3v) is 8.32. The first-order chi connectivity index (χ1) is 16.2. The lowest BCUT2D eigenvalue weighted by atomic mass is 10.2. The smallest absolute Gasteiger partial charge is 0.284 e. The zero-order valence-corrected chi connectivity index (χ0v) is 21.4. The predicted octanol–water partition coefficient (Wildman–Crippen LogP) is 5.06. The van der Waals surface area contributed by atoms with Crippen molar-refractivity contribution in [2.45, 2.75) is 51.0 Å². The van der Waals surface area contributed by atoms with Gasteiger partial charge in [-0.1, -0.05) is 18.6 Å². The molecule has 1 N–H and O–H groups in total. The zero-order valence-electron chi connectivity index (χ0n) is 19.7. The van der Waals surface area contributed by atoms with Gasteiger partial charge in [-0.2, -0.15) is 8.42 Å². The largest absolute Gasteiger partial charge is 0.362 e. The summed E-state index contributed by atoms with van der Waals surface area (Å²) in [6.07, 6.45) is 3.68. The summed E-state index contributed by atoms with van der Waals surface area (Å²) in [6, 6.07) is 12.3. The number of carbonyl (C=O) groups excluding carboxylic acids is 1. The average molecular weight is 499 g/mol. The lowest BCUT2D eigenvalue weighted by Gasteiger charge is -2.17. The van der Waals surface area contributed by atoms with Gasteiger partial charge in [-0.3, -0.25) is 4.79 Å². The molecule has 1 aromatic carbocycles. The first-order valence-electron chi connectivity index (χ1n) is 11.4. The third-order valence-electron chi connectivity index (χ3n) is 6.16. The molecule has 4 rings (SSSR count). The number of nitrogens with zero attached hydrogens (tertiary/aromatic N) is 3. The molecule has 0 atom stereocenters. The number of aryl methyl sites for hydroxylation is 1. The molecule has 0 aliphatic carbocycles. The van der Waals surface area contributed by atoms with Gasteiger partial charge in [0.2, 0.25) is 0 Å². The second-order valence-electron chi connectivity index (χ2n) is 8.65. The van der Waals surface area contributed by atoms with Gasteiger partial charge in [-0.15, -0.1) is 15.7 Å². The number of hydrogen-bond acceptors (Lipinski definition) is 4. The molecule has 0 unspecified atom stereocenters. The van der Waals surface area contributed by atoms with Gasteiger partial charge in [0.05, 0.1) is 17.0 Å². The molecular formula is C25H30N4O3S2. The maximum absolute atomic E-state index is 13.1. The van der Waals surface area contributed by atoms with Gasteiger partial charge in [0.1, 0.15) is 5.84 Å². The van der Waals surface area contributed by atoms with E-state index in [0.717, 1.165) is 37.2 Å². The molecule has 34 heavy (non-hydrogen) atoms. The number of likely N-dealkylation sites (tertiary alicyclic amines) is 1. The standard InChI is InChI=1S/C25H30N4O3S2/c1-18-15-23(19(2)29(18)17-21-10-8-14-33-21)25(30)26-20-9-7-11-22(16-20)34(31,32)27-24-12-5-4-6-13-28(24)3/h7-11,14-16H,4-6,12-13,17H2,1-3H3,(H,26,30). The van der Waals surface area contributed by atoms with Crippen molar-refractivity contribution in [3.05, 3.63) is 69.7 Å². The second-order valence-corrected chi connectivity index (χ2v) is 11.3. The highest BCUT2D eigenvalue weighted by atomic mass is 32.2. The van der Waals surface area contributed by atoms with Crippen LogP contribution in [-0.4, -0.2) is 43.2 Å². The SMILES string of the molecule is Cc1cc(C(=O)Nc2cccc(S(=O)(=O)N=C3CCCCCN3C)c2)c(C)n1Cc1cccs1. The lowest BCUT2D eigenvalue weighted by Crippen LogP contribution is -2.26. The van der Waals surface area contributed by atoms with Crippen LogP contribution < -0.4 is 5.32 Å². The molecule has 0 bridgehead atoms. The summed E-state index contributed by atoms with van der Waals surface area (Å²) in [4.78, 5) is 16.3. The van der Waals surface area contributed by atoms with E-state index in [-0.39, 0.29) is 10.8 Å². The topological polar surface area (TPSA) is 83.8 Å². The van der Waals surface area contributed by atoms with Crippen LogP contribution in [0.5, 0.6) is 0 Å². The Hall–Kier alpha value is -2.91. The van der Waals surface area contributed by atoms with Crippen molar-refractivity contribution in [2.75, 3.05) is 18.9 Å². The molecule has 9 heteroatoms. The normalized spacial score (nSPS) is 16.0. The third kappa shape index (κ3) is 5.42. The van der Waals surface area contributed by atoms with Gasteiger partial charge in [0.15, 0.2) is 0 Å². The van der Waals surface area contributed by atoms with Crippen molar-refractivity contribution >= 4 is 38.8 Å². The number of benzene rings is 1. The van der Waals surface area contributed by atoms with Crippen LogP contribution in [0.15, 0.2) is 57.1 Å². The Morgan fingerprint density at radius 1 is 1.12 bits per heavy atom. The maximum Gasteiger partial charge on any atom is 0.284 e. The van der Waals surface area contributed by atoms with Gasteiger partial charge >= 0.3 is 0 Å². The highest BCUT2D eigenvalue weighted by molar-refractivity contribution is 7.90. The summed E-state index contributed by atoms with van der Waals surface area (Å²) in [6.45, 7) is 5.42. The Kier molecular flexibility index (Phi) is 7.23. The van der Waals surface area contributed by atoms with Crippen LogP contribution in [0.4, 0.5) is 5.69 Å². The van der Waals surface area contributed by atoms with Crippen LogP contribution in [0.2, 0.25) is 0 Å². The van der Waals surface area contributed by atoms with E-state index in [2.05, 4.69) is 20.3 Å².